The lowest BCUT2D eigenvalue weighted by molar-refractivity contribution is -0.121. The van der Waals surface area contributed by atoms with Gasteiger partial charge in [0.1, 0.15) is 0 Å². The molecule has 4 aromatic rings. The topological polar surface area (TPSA) is 106 Å². The second-order valence-corrected chi connectivity index (χ2v) is 8.27. The highest BCUT2D eigenvalue weighted by Crippen LogP contribution is 2.44. The summed E-state index contributed by atoms with van der Waals surface area (Å²) >= 11 is 12.7. The second-order valence-electron chi connectivity index (χ2n) is 7.45. The molecule has 0 saturated carbocycles. The van der Waals surface area contributed by atoms with Crippen LogP contribution in [0.3, 0.4) is 0 Å². The Morgan fingerprint density at radius 3 is 2.36 bits per heavy atom. The summed E-state index contributed by atoms with van der Waals surface area (Å²) in [5, 5.41) is 7.57. The van der Waals surface area contributed by atoms with Gasteiger partial charge in [0, 0.05) is 17.0 Å². The third-order valence-electron chi connectivity index (χ3n) is 5.38. The highest BCUT2D eigenvalue weighted by molar-refractivity contribution is 6.37. The van der Waals surface area contributed by atoms with Gasteiger partial charge in [0.25, 0.3) is 5.91 Å². The number of nitrogens with two attached hydrogens (primary N) is 1. The zero-order chi connectivity index (χ0) is 23.2. The van der Waals surface area contributed by atoms with Gasteiger partial charge in [-0.25, -0.2) is 9.78 Å². The number of nitrogens with zero attached hydrogens (tertiary/aromatic N) is 1. The fourth-order valence-corrected chi connectivity index (χ4v) is 4.49. The van der Waals surface area contributed by atoms with E-state index in [9.17, 15) is 9.59 Å². The lowest BCUT2D eigenvalue weighted by atomic mass is 9.99. The van der Waals surface area contributed by atoms with Crippen LogP contribution in [0.5, 0.6) is 5.88 Å². The van der Waals surface area contributed by atoms with E-state index in [2.05, 4.69) is 15.6 Å². The third kappa shape index (κ3) is 3.61. The molecule has 0 saturated heterocycles. The Bertz CT molecular complexity index is 1420. The van der Waals surface area contributed by atoms with Crippen molar-refractivity contribution in [1.82, 2.24) is 4.98 Å². The Morgan fingerprint density at radius 1 is 0.879 bits per heavy atom. The van der Waals surface area contributed by atoms with E-state index in [-0.39, 0.29) is 21.5 Å². The molecular weight excluding hydrogens is 463 g/mol. The molecule has 2 heterocycles. The number of fused-ring (bicyclic) bond motifs is 2. The van der Waals surface area contributed by atoms with Gasteiger partial charge in [-0.15, -0.1) is 0 Å². The number of para-hydroxylation sites is 1. The Hall–Kier alpha value is -3.81. The van der Waals surface area contributed by atoms with E-state index >= 15 is 0 Å². The number of carbonyl (C=O) groups is 2. The molecule has 0 bridgehead atoms. The number of rotatable bonds is 4. The number of primary amides is 1. The summed E-state index contributed by atoms with van der Waals surface area (Å²) in [5.74, 6) is -1.16. The maximum absolute atomic E-state index is 12.8. The minimum absolute atomic E-state index is 0.180. The zero-order valence-corrected chi connectivity index (χ0v) is 18.4. The molecule has 1 amide bonds. The Labute approximate surface area is 198 Å². The smallest absolute Gasteiger partial charge is 0.344 e. The average Bonchev–Trinajstić information content (AvgIpc) is 3.18. The Morgan fingerprint density at radius 2 is 1.61 bits per heavy atom. The number of ether oxygens (including phenoxy) is 1. The number of amides is 1. The second kappa shape index (κ2) is 7.95. The van der Waals surface area contributed by atoms with Crippen LogP contribution in [0.25, 0.3) is 10.9 Å². The third-order valence-corrected chi connectivity index (χ3v) is 6.01. The molecule has 7 nitrogen and oxygen atoms in total. The number of pyridine rings is 1. The minimum Gasteiger partial charge on any atom is -0.404 e. The summed E-state index contributed by atoms with van der Waals surface area (Å²) in [6.45, 7) is 0. The van der Waals surface area contributed by atoms with Gasteiger partial charge in [-0.3, -0.25) is 4.79 Å². The SMILES string of the molecule is NC(=O)C1(c2c(Cl)cccc2Cl)Nc2ccc(C(=O)Oc3ccc4ccccc4n3)cc2N1. The standard InChI is InChI=1S/C24H16Cl2N4O3/c25-15-5-3-6-16(26)21(15)24(23(27)32)29-18-10-8-14(12-19(18)30-24)22(31)33-20-11-9-13-4-1-2-7-17(13)28-20/h1-12,29-30H,(H2,27,32). The van der Waals surface area contributed by atoms with Crippen LogP contribution in [0.1, 0.15) is 15.9 Å². The van der Waals surface area contributed by atoms with Crippen molar-refractivity contribution in [2.75, 3.05) is 10.6 Å². The number of carbonyl (C=O) groups excluding carboxylic acids is 2. The summed E-state index contributed by atoms with van der Waals surface area (Å²) in [5.41, 5.74) is 6.43. The number of benzene rings is 3. The molecule has 0 fully saturated rings. The predicted molar refractivity (Wildman–Crippen MR) is 128 cm³/mol. The van der Waals surface area contributed by atoms with Crippen molar-refractivity contribution < 1.29 is 14.3 Å². The normalized spacial score (nSPS) is 16.5. The molecule has 164 valence electrons. The van der Waals surface area contributed by atoms with Gasteiger partial charge in [0.15, 0.2) is 0 Å². The fraction of sp³-hybridized carbons (Fsp3) is 0.0417. The molecule has 5 rings (SSSR count). The molecule has 9 heteroatoms. The maximum Gasteiger partial charge on any atom is 0.344 e. The van der Waals surface area contributed by atoms with Crippen LogP contribution < -0.4 is 21.1 Å². The van der Waals surface area contributed by atoms with Crippen molar-refractivity contribution in [3.8, 4) is 5.88 Å². The summed E-state index contributed by atoms with van der Waals surface area (Å²) in [6.07, 6.45) is 0. The van der Waals surface area contributed by atoms with Gasteiger partial charge in [-0.05, 0) is 42.5 Å². The first kappa shape index (κ1) is 21.1. The molecule has 0 spiro atoms. The minimum atomic E-state index is -1.58. The molecule has 0 aliphatic carbocycles. The van der Waals surface area contributed by atoms with Crippen LogP contribution in [0.4, 0.5) is 11.4 Å². The maximum atomic E-state index is 12.8. The highest BCUT2D eigenvalue weighted by Gasteiger charge is 2.46. The number of hydrogen-bond donors (Lipinski definition) is 3. The number of nitrogens with one attached hydrogen (secondary N) is 2. The summed E-state index contributed by atoms with van der Waals surface area (Å²) in [6, 6.07) is 20.6. The van der Waals surface area contributed by atoms with Gasteiger partial charge < -0.3 is 21.1 Å². The largest absolute Gasteiger partial charge is 0.404 e. The molecule has 0 radical (unpaired) electrons. The first-order chi connectivity index (χ1) is 15.9. The van der Waals surface area contributed by atoms with Crippen LogP contribution >= 0.6 is 23.2 Å². The molecule has 33 heavy (non-hydrogen) atoms. The molecular formula is C24H16Cl2N4O3. The number of esters is 1. The van der Waals surface area contributed by atoms with Crippen LogP contribution in [0.2, 0.25) is 10.0 Å². The van der Waals surface area contributed by atoms with E-state index in [1.807, 2.05) is 30.3 Å². The summed E-state index contributed by atoms with van der Waals surface area (Å²) in [7, 11) is 0. The van der Waals surface area contributed by atoms with Crippen molar-refractivity contribution in [3.63, 3.8) is 0 Å². The van der Waals surface area contributed by atoms with Gasteiger partial charge in [0.2, 0.25) is 11.5 Å². The van der Waals surface area contributed by atoms with Gasteiger partial charge in [-0.1, -0.05) is 47.5 Å². The van der Waals surface area contributed by atoms with E-state index in [4.69, 9.17) is 33.7 Å². The molecule has 1 aliphatic rings. The molecule has 3 aromatic carbocycles. The summed E-state index contributed by atoms with van der Waals surface area (Å²) in [4.78, 5) is 29.7. The first-order valence-corrected chi connectivity index (χ1v) is 10.7. The lowest BCUT2D eigenvalue weighted by Crippen LogP contribution is -2.51. The number of aromatic nitrogens is 1. The van der Waals surface area contributed by atoms with Crippen LogP contribution in [0.15, 0.2) is 72.8 Å². The number of hydrogen-bond acceptors (Lipinski definition) is 6. The van der Waals surface area contributed by atoms with Gasteiger partial charge >= 0.3 is 5.97 Å². The van der Waals surface area contributed by atoms with Crippen LogP contribution in [-0.2, 0) is 10.5 Å². The van der Waals surface area contributed by atoms with Gasteiger partial charge in [0.05, 0.1) is 32.5 Å². The quantitative estimate of drug-likeness (QED) is 0.358. The highest BCUT2D eigenvalue weighted by atomic mass is 35.5. The Balaban J connectivity index is 1.45. The van der Waals surface area contributed by atoms with E-state index in [0.29, 0.717) is 22.5 Å². The molecule has 1 aromatic heterocycles. The monoisotopic (exact) mass is 478 g/mol. The number of anilines is 2. The fourth-order valence-electron chi connectivity index (χ4n) is 3.80. The zero-order valence-electron chi connectivity index (χ0n) is 16.9. The van der Waals surface area contributed by atoms with E-state index in [0.717, 1.165) is 5.39 Å². The van der Waals surface area contributed by atoms with E-state index < -0.39 is 17.5 Å². The molecule has 1 aliphatic heterocycles. The average molecular weight is 479 g/mol. The lowest BCUT2D eigenvalue weighted by Gasteiger charge is -2.29. The first-order valence-electron chi connectivity index (χ1n) is 9.90. The summed E-state index contributed by atoms with van der Waals surface area (Å²) < 4.78 is 5.46. The van der Waals surface area contributed by atoms with Crippen LogP contribution in [-0.4, -0.2) is 16.9 Å². The van der Waals surface area contributed by atoms with E-state index in [1.165, 1.54) is 0 Å². The molecule has 1 atom stereocenters. The van der Waals surface area contributed by atoms with E-state index in [1.54, 1.807) is 42.5 Å². The number of halogens is 2. The molecule has 1 unspecified atom stereocenters. The van der Waals surface area contributed by atoms with Crippen molar-refractivity contribution >= 4 is 57.4 Å². The van der Waals surface area contributed by atoms with Crippen molar-refractivity contribution in [2.45, 2.75) is 5.66 Å². The van der Waals surface area contributed by atoms with Crippen molar-refractivity contribution in [1.29, 1.82) is 0 Å². The molecule has 4 N–H and O–H groups in total. The van der Waals surface area contributed by atoms with Gasteiger partial charge in [-0.2, -0.15) is 0 Å². The van der Waals surface area contributed by atoms with Crippen molar-refractivity contribution in [3.05, 3.63) is 94.0 Å². The Kier molecular flexibility index (Phi) is 5.08. The predicted octanol–water partition coefficient (Wildman–Crippen LogP) is 4.94. The van der Waals surface area contributed by atoms with Crippen LogP contribution in [0, 0.1) is 0 Å². The van der Waals surface area contributed by atoms with Crippen molar-refractivity contribution in [2.24, 2.45) is 5.73 Å².